The van der Waals surface area contributed by atoms with Crippen LogP contribution in [0.25, 0.3) is 0 Å². The molecule has 1 heterocycles. The van der Waals surface area contributed by atoms with Crippen molar-refractivity contribution in [3.05, 3.63) is 72.3 Å². The summed E-state index contributed by atoms with van der Waals surface area (Å²) in [4.78, 5) is 4.26. The summed E-state index contributed by atoms with van der Waals surface area (Å²) in [5, 5.41) is 0. The van der Waals surface area contributed by atoms with Gasteiger partial charge in [-0.25, -0.2) is 8.42 Å². The average Bonchev–Trinajstić information content (AvgIpc) is 2.89. The van der Waals surface area contributed by atoms with Crippen molar-refractivity contribution in [1.29, 1.82) is 0 Å². The van der Waals surface area contributed by atoms with Gasteiger partial charge in [-0.3, -0.25) is 4.72 Å². The van der Waals surface area contributed by atoms with Crippen molar-refractivity contribution in [3.63, 3.8) is 0 Å². The van der Waals surface area contributed by atoms with E-state index in [1.54, 1.807) is 43.3 Å². The van der Waals surface area contributed by atoms with E-state index >= 15 is 0 Å². The minimum absolute atomic E-state index is 0.0291. The number of ether oxygens (including phenoxy) is 1. The molecule has 1 aliphatic rings. The smallest absolute Gasteiger partial charge is 0.278 e. The quantitative estimate of drug-likeness (QED) is 0.414. The molecular weight excluding hydrogens is 536 g/mol. The Morgan fingerprint density at radius 2 is 1.57 bits per heavy atom. The maximum absolute atomic E-state index is 13.5. The summed E-state index contributed by atoms with van der Waals surface area (Å²) >= 11 is 6.45. The van der Waals surface area contributed by atoms with Gasteiger partial charge in [-0.2, -0.15) is 12.2 Å². The van der Waals surface area contributed by atoms with Crippen LogP contribution in [0.1, 0.15) is 5.56 Å². The Labute approximate surface area is 223 Å². The van der Waals surface area contributed by atoms with Gasteiger partial charge < -0.3 is 14.5 Å². The van der Waals surface area contributed by atoms with Crippen LogP contribution in [0.2, 0.25) is 0 Å². The number of sulfonamides is 2. The van der Waals surface area contributed by atoms with E-state index in [1.165, 1.54) is 37.4 Å². The zero-order chi connectivity index (χ0) is 26.8. The highest BCUT2D eigenvalue weighted by Crippen LogP contribution is 2.37. The van der Waals surface area contributed by atoms with Crippen LogP contribution in [0.15, 0.2) is 76.5 Å². The van der Waals surface area contributed by atoms with Crippen LogP contribution in [0, 0.1) is 6.92 Å². The summed E-state index contributed by atoms with van der Waals surface area (Å²) in [7, 11) is -4.81. The monoisotopic (exact) mass is 564 g/mol. The molecule has 0 amide bonds. The second kappa shape index (κ2) is 10.8. The van der Waals surface area contributed by atoms with Gasteiger partial charge in [-0.1, -0.05) is 24.3 Å². The lowest BCUT2D eigenvalue weighted by molar-refractivity contribution is 0.313. The highest BCUT2D eigenvalue weighted by Gasteiger charge is 2.29. The van der Waals surface area contributed by atoms with Crippen molar-refractivity contribution in [2.75, 3.05) is 53.8 Å². The molecule has 37 heavy (non-hydrogen) atoms. The molecule has 1 N–H and O–H groups in total. The molecule has 3 aromatic carbocycles. The van der Waals surface area contributed by atoms with Gasteiger partial charge in [-0.15, -0.1) is 0 Å². The Balaban J connectivity index is 1.77. The van der Waals surface area contributed by atoms with Crippen LogP contribution < -0.4 is 18.2 Å². The first kappa shape index (κ1) is 27.1. The first-order valence-corrected chi connectivity index (χ1v) is 14.8. The molecule has 12 heteroatoms. The molecule has 3 aromatic rings. The van der Waals surface area contributed by atoms with Gasteiger partial charge >= 0.3 is 0 Å². The molecule has 4 rings (SSSR count). The topological polar surface area (TPSA) is 99.3 Å². The van der Waals surface area contributed by atoms with Crippen LogP contribution in [0.4, 0.5) is 17.1 Å². The fraction of sp³-hybridized carbons (Fsp3) is 0.280. The van der Waals surface area contributed by atoms with E-state index < -0.39 is 20.0 Å². The Hall–Kier alpha value is -2.99. The highest BCUT2D eigenvalue weighted by atomic mass is 35.5. The molecule has 1 aliphatic heterocycles. The Morgan fingerprint density at radius 1 is 0.892 bits per heavy atom. The third-order valence-corrected chi connectivity index (χ3v) is 9.80. The molecule has 0 aliphatic carbocycles. The second-order valence-corrected chi connectivity index (χ2v) is 12.8. The van der Waals surface area contributed by atoms with Crippen molar-refractivity contribution in [3.8, 4) is 5.75 Å². The third-order valence-electron chi connectivity index (χ3n) is 6.22. The lowest BCUT2D eigenvalue weighted by Crippen LogP contribution is -2.44. The summed E-state index contributed by atoms with van der Waals surface area (Å²) in [6.45, 7) is 4.97. The predicted octanol–water partition coefficient (Wildman–Crippen LogP) is 3.91. The van der Waals surface area contributed by atoms with E-state index in [9.17, 15) is 16.8 Å². The molecular formula is C25H29ClN4O5S2. The number of nitrogens with one attached hydrogen (secondary N) is 1. The number of benzene rings is 3. The number of methoxy groups -OCH3 is 1. The maximum atomic E-state index is 13.5. The predicted molar refractivity (Wildman–Crippen MR) is 147 cm³/mol. The molecule has 9 nitrogen and oxygen atoms in total. The van der Waals surface area contributed by atoms with Gasteiger partial charge in [0.05, 0.1) is 28.3 Å². The fourth-order valence-electron chi connectivity index (χ4n) is 4.01. The number of aryl methyl sites for hydroxylation is 1. The molecule has 0 spiro atoms. The van der Waals surface area contributed by atoms with Gasteiger partial charge in [0.2, 0.25) is 0 Å². The normalized spacial score (nSPS) is 14.9. The molecule has 0 aromatic heterocycles. The van der Waals surface area contributed by atoms with E-state index in [4.69, 9.17) is 16.5 Å². The first-order valence-electron chi connectivity index (χ1n) is 11.5. The van der Waals surface area contributed by atoms with Gasteiger partial charge in [-0.05, 0) is 55.9 Å². The maximum Gasteiger partial charge on any atom is 0.278 e. The molecule has 0 saturated carbocycles. The van der Waals surface area contributed by atoms with E-state index in [0.717, 1.165) is 37.4 Å². The van der Waals surface area contributed by atoms with Crippen molar-refractivity contribution >= 4 is 48.9 Å². The number of halogens is 1. The third kappa shape index (κ3) is 5.80. The standard InChI is InChI=1S/C25H29ClN4O5S2/c1-19-9-11-22(18-25(19)35-3)37(33,34)30(26)24-12-10-20(29-15-13-28(2)14-16-29)17-23(24)27-36(31,32)21-7-5-4-6-8-21/h4-12,17-18,27H,13-16H2,1-3H3. The van der Waals surface area contributed by atoms with E-state index in [-0.39, 0.29) is 21.2 Å². The van der Waals surface area contributed by atoms with Gasteiger partial charge in [0.15, 0.2) is 0 Å². The lowest BCUT2D eigenvalue weighted by atomic mass is 10.2. The van der Waals surface area contributed by atoms with Gasteiger partial charge in [0, 0.05) is 49.7 Å². The summed E-state index contributed by atoms with van der Waals surface area (Å²) in [5.74, 6) is 0.390. The van der Waals surface area contributed by atoms with Crippen LogP contribution in [0.5, 0.6) is 5.75 Å². The SMILES string of the molecule is COc1cc(S(=O)(=O)N(Cl)c2ccc(N3CCN(C)CC3)cc2NS(=O)(=O)c2ccccc2)ccc1C. The summed E-state index contributed by atoms with van der Waals surface area (Å²) in [5.41, 5.74) is 1.52. The second-order valence-electron chi connectivity index (χ2n) is 8.76. The number of nitrogens with zero attached hydrogens (tertiary/aromatic N) is 3. The molecule has 0 unspecified atom stereocenters. The van der Waals surface area contributed by atoms with Crippen LogP contribution in [-0.2, 0) is 20.0 Å². The van der Waals surface area contributed by atoms with E-state index in [0.29, 0.717) is 9.57 Å². The molecule has 198 valence electrons. The zero-order valence-electron chi connectivity index (χ0n) is 20.8. The van der Waals surface area contributed by atoms with Crippen LogP contribution >= 0.6 is 11.8 Å². The Kier molecular flexibility index (Phi) is 7.88. The number of anilines is 3. The van der Waals surface area contributed by atoms with Crippen molar-refractivity contribution < 1.29 is 21.6 Å². The molecule has 1 saturated heterocycles. The largest absolute Gasteiger partial charge is 0.496 e. The summed E-state index contributed by atoms with van der Waals surface area (Å²) in [6, 6.07) is 17.1. The summed E-state index contributed by atoms with van der Waals surface area (Å²) < 4.78 is 61.7. The minimum atomic E-state index is -4.27. The molecule has 0 bridgehead atoms. The zero-order valence-corrected chi connectivity index (χ0v) is 23.1. The molecule has 1 fully saturated rings. The van der Waals surface area contributed by atoms with Crippen LogP contribution in [0.3, 0.4) is 0 Å². The first-order chi connectivity index (χ1) is 17.5. The number of rotatable bonds is 8. The number of likely N-dealkylation sites (N-methyl/N-ethyl adjacent to an activating group) is 1. The summed E-state index contributed by atoms with van der Waals surface area (Å²) in [6.07, 6.45) is 0. The Bertz CT molecular complexity index is 1480. The highest BCUT2D eigenvalue weighted by molar-refractivity contribution is 7.94. The number of hydrogen-bond donors (Lipinski definition) is 1. The van der Waals surface area contributed by atoms with Crippen molar-refractivity contribution in [1.82, 2.24) is 4.90 Å². The molecule has 0 atom stereocenters. The van der Waals surface area contributed by atoms with Gasteiger partial charge in [0.1, 0.15) is 5.75 Å². The minimum Gasteiger partial charge on any atom is -0.496 e. The van der Waals surface area contributed by atoms with E-state index in [2.05, 4.69) is 14.5 Å². The Morgan fingerprint density at radius 3 is 2.22 bits per heavy atom. The number of piperazine rings is 1. The van der Waals surface area contributed by atoms with Crippen molar-refractivity contribution in [2.45, 2.75) is 16.7 Å². The van der Waals surface area contributed by atoms with Crippen LogP contribution in [-0.4, -0.2) is 62.1 Å². The molecule has 0 radical (unpaired) electrons. The van der Waals surface area contributed by atoms with Gasteiger partial charge in [0.25, 0.3) is 20.0 Å². The number of hydrogen-bond acceptors (Lipinski definition) is 7. The fourth-order valence-corrected chi connectivity index (χ4v) is 6.58. The average molecular weight is 565 g/mol. The van der Waals surface area contributed by atoms with E-state index in [1.807, 2.05) is 7.05 Å². The lowest BCUT2D eigenvalue weighted by Gasteiger charge is -2.34. The van der Waals surface area contributed by atoms with Crippen molar-refractivity contribution in [2.24, 2.45) is 0 Å².